The Morgan fingerprint density at radius 3 is 2.55 bits per heavy atom. The van der Waals surface area contributed by atoms with Crippen LogP contribution in [0.3, 0.4) is 0 Å². The zero-order valence-electron chi connectivity index (χ0n) is 11.6. The molecule has 0 unspecified atom stereocenters. The predicted octanol–water partition coefficient (Wildman–Crippen LogP) is 3.87. The third-order valence-electron chi connectivity index (χ3n) is 3.43. The smallest absolute Gasteiger partial charge is 0.129 e. The first kappa shape index (κ1) is 12.6. The first-order valence-electron chi connectivity index (χ1n) is 6.70. The highest BCUT2D eigenvalue weighted by Gasteiger charge is 2.05. The topological polar surface area (TPSA) is 35.0 Å². The van der Waals surface area contributed by atoms with Crippen LogP contribution in [0, 0.1) is 0 Å². The van der Waals surface area contributed by atoms with E-state index in [0.717, 1.165) is 34.3 Å². The molecule has 20 heavy (non-hydrogen) atoms. The van der Waals surface area contributed by atoms with E-state index in [9.17, 15) is 0 Å². The van der Waals surface area contributed by atoms with Gasteiger partial charge < -0.3 is 4.74 Å². The molecule has 0 atom stereocenters. The molecule has 0 saturated heterocycles. The van der Waals surface area contributed by atoms with Crippen molar-refractivity contribution >= 4 is 10.9 Å². The molecule has 0 saturated carbocycles. The van der Waals surface area contributed by atoms with Crippen molar-refractivity contribution in [2.45, 2.75) is 13.3 Å². The molecule has 3 rings (SSSR count). The average Bonchev–Trinajstić information content (AvgIpc) is 2.53. The molecule has 0 bridgehead atoms. The van der Waals surface area contributed by atoms with Crippen molar-refractivity contribution in [3.05, 3.63) is 54.5 Å². The highest BCUT2D eigenvalue weighted by Crippen LogP contribution is 2.29. The Hall–Kier alpha value is -2.42. The molecule has 3 aromatic rings. The van der Waals surface area contributed by atoms with E-state index in [-0.39, 0.29) is 0 Å². The van der Waals surface area contributed by atoms with Crippen molar-refractivity contribution in [3.8, 4) is 16.9 Å². The third kappa shape index (κ3) is 2.23. The van der Waals surface area contributed by atoms with E-state index in [1.165, 1.54) is 5.56 Å². The molecule has 0 N–H and O–H groups in total. The summed E-state index contributed by atoms with van der Waals surface area (Å²) in [5.74, 6) is 0.849. The van der Waals surface area contributed by atoms with Gasteiger partial charge in [-0.05, 0) is 47.9 Å². The molecular formula is C17H16N2O. The number of ether oxygens (including phenoxy) is 1. The molecule has 100 valence electrons. The van der Waals surface area contributed by atoms with Crippen LogP contribution in [-0.4, -0.2) is 17.1 Å². The highest BCUT2D eigenvalue weighted by atomic mass is 16.5. The van der Waals surface area contributed by atoms with E-state index in [1.54, 1.807) is 13.3 Å². The molecule has 0 aliphatic rings. The van der Waals surface area contributed by atoms with E-state index in [1.807, 2.05) is 24.4 Å². The molecule has 0 spiro atoms. The lowest BCUT2D eigenvalue weighted by atomic mass is 10.0. The summed E-state index contributed by atoms with van der Waals surface area (Å²) in [6.45, 7) is 2.11. The molecule has 2 heterocycles. The van der Waals surface area contributed by atoms with Crippen molar-refractivity contribution in [1.82, 2.24) is 9.97 Å². The molecule has 0 aliphatic carbocycles. The Morgan fingerprint density at radius 1 is 0.950 bits per heavy atom. The average molecular weight is 264 g/mol. The molecule has 0 fully saturated rings. The van der Waals surface area contributed by atoms with E-state index in [2.05, 4.69) is 35.1 Å². The monoisotopic (exact) mass is 264 g/mol. The highest BCUT2D eigenvalue weighted by molar-refractivity contribution is 5.89. The summed E-state index contributed by atoms with van der Waals surface area (Å²) in [6, 6.07) is 12.3. The minimum atomic E-state index is 0.849. The number of aromatic nitrogens is 2. The fraction of sp³-hybridized carbons (Fsp3) is 0.176. The lowest BCUT2D eigenvalue weighted by Gasteiger charge is -2.08. The predicted molar refractivity (Wildman–Crippen MR) is 80.9 cm³/mol. The molecule has 3 heteroatoms. The molecule has 0 radical (unpaired) electrons. The second kappa shape index (κ2) is 5.29. The Labute approximate surface area is 118 Å². The van der Waals surface area contributed by atoms with Gasteiger partial charge in [-0.2, -0.15) is 0 Å². The number of methoxy groups -OCH3 is 1. The Kier molecular flexibility index (Phi) is 3.33. The standard InChI is InChI=1S/C17H16N2O/c1-3-14-10-13(6-8-18-14)12-4-5-16-15(11-12)17(20-2)7-9-19-16/h4-11H,3H2,1-2H3. The van der Waals surface area contributed by atoms with Gasteiger partial charge in [-0.3, -0.25) is 9.97 Å². The number of hydrogen-bond acceptors (Lipinski definition) is 3. The number of benzene rings is 1. The van der Waals surface area contributed by atoms with Crippen LogP contribution >= 0.6 is 0 Å². The minimum Gasteiger partial charge on any atom is -0.496 e. The van der Waals surface area contributed by atoms with Gasteiger partial charge in [0.15, 0.2) is 0 Å². The van der Waals surface area contributed by atoms with Crippen LogP contribution in [0.5, 0.6) is 5.75 Å². The SMILES string of the molecule is CCc1cc(-c2ccc3nccc(OC)c3c2)ccn1. The first-order valence-corrected chi connectivity index (χ1v) is 6.70. The van der Waals surface area contributed by atoms with Gasteiger partial charge in [0, 0.05) is 23.5 Å². The second-order valence-corrected chi connectivity index (χ2v) is 4.63. The van der Waals surface area contributed by atoms with Gasteiger partial charge in [-0.15, -0.1) is 0 Å². The van der Waals surface area contributed by atoms with Crippen LogP contribution < -0.4 is 4.74 Å². The normalized spacial score (nSPS) is 10.7. The summed E-state index contributed by atoms with van der Waals surface area (Å²) in [6.07, 6.45) is 4.56. The van der Waals surface area contributed by atoms with Crippen LogP contribution in [0.4, 0.5) is 0 Å². The summed E-state index contributed by atoms with van der Waals surface area (Å²) in [5.41, 5.74) is 4.36. The van der Waals surface area contributed by atoms with Gasteiger partial charge in [-0.25, -0.2) is 0 Å². The summed E-state index contributed by atoms with van der Waals surface area (Å²) < 4.78 is 5.41. The maximum atomic E-state index is 5.41. The quantitative estimate of drug-likeness (QED) is 0.720. The number of aryl methyl sites for hydroxylation is 1. The van der Waals surface area contributed by atoms with Gasteiger partial charge >= 0.3 is 0 Å². The number of fused-ring (bicyclic) bond motifs is 1. The van der Waals surface area contributed by atoms with E-state index >= 15 is 0 Å². The maximum absolute atomic E-state index is 5.41. The van der Waals surface area contributed by atoms with Crippen molar-refractivity contribution in [2.75, 3.05) is 7.11 Å². The number of nitrogens with zero attached hydrogens (tertiary/aromatic N) is 2. The Bertz CT molecular complexity index is 753. The van der Waals surface area contributed by atoms with Crippen LogP contribution in [0.15, 0.2) is 48.8 Å². The number of rotatable bonds is 3. The Morgan fingerprint density at radius 2 is 1.75 bits per heavy atom. The largest absolute Gasteiger partial charge is 0.496 e. The van der Waals surface area contributed by atoms with Gasteiger partial charge in [0.2, 0.25) is 0 Å². The lowest BCUT2D eigenvalue weighted by molar-refractivity contribution is 0.419. The van der Waals surface area contributed by atoms with Crippen LogP contribution in [0.25, 0.3) is 22.0 Å². The molecule has 1 aromatic carbocycles. The maximum Gasteiger partial charge on any atom is 0.129 e. The minimum absolute atomic E-state index is 0.849. The van der Waals surface area contributed by atoms with Crippen LogP contribution in [-0.2, 0) is 6.42 Å². The number of pyridine rings is 2. The first-order chi connectivity index (χ1) is 9.81. The Balaban J connectivity index is 2.16. The molecule has 2 aromatic heterocycles. The van der Waals surface area contributed by atoms with Crippen LogP contribution in [0.1, 0.15) is 12.6 Å². The molecule has 0 aliphatic heterocycles. The fourth-order valence-electron chi connectivity index (χ4n) is 2.33. The van der Waals surface area contributed by atoms with Gasteiger partial charge in [0.05, 0.1) is 12.6 Å². The number of hydrogen-bond donors (Lipinski definition) is 0. The zero-order valence-corrected chi connectivity index (χ0v) is 11.6. The van der Waals surface area contributed by atoms with Crippen molar-refractivity contribution in [2.24, 2.45) is 0 Å². The summed E-state index contributed by atoms with van der Waals surface area (Å²) in [5, 5.41) is 1.03. The molecular weight excluding hydrogens is 248 g/mol. The van der Waals surface area contributed by atoms with Gasteiger partial charge in [0.1, 0.15) is 5.75 Å². The zero-order chi connectivity index (χ0) is 13.9. The van der Waals surface area contributed by atoms with Crippen LogP contribution in [0.2, 0.25) is 0 Å². The second-order valence-electron chi connectivity index (χ2n) is 4.63. The van der Waals surface area contributed by atoms with E-state index in [0.29, 0.717) is 0 Å². The van der Waals surface area contributed by atoms with Gasteiger partial charge in [0.25, 0.3) is 0 Å². The van der Waals surface area contributed by atoms with Crippen molar-refractivity contribution in [3.63, 3.8) is 0 Å². The summed E-state index contributed by atoms with van der Waals surface area (Å²) >= 11 is 0. The third-order valence-corrected chi connectivity index (χ3v) is 3.43. The fourth-order valence-corrected chi connectivity index (χ4v) is 2.33. The summed E-state index contributed by atoms with van der Waals surface area (Å²) in [7, 11) is 1.68. The molecule has 0 amide bonds. The molecule has 3 nitrogen and oxygen atoms in total. The lowest BCUT2D eigenvalue weighted by Crippen LogP contribution is -1.89. The van der Waals surface area contributed by atoms with Gasteiger partial charge in [-0.1, -0.05) is 13.0 Å². The van der Waals surface area contributed by atoms with Crippen molar-refractivity contribution < 1.29 is 4.74 Å². The van der Waals surface area contributed by atoms with E-state index in [4.69, 9.17) is 4.74 Å². The van der Waals surface area contributed by atoms with E-state index < -0.39 is 0 Å². The van der Waals surface area contributed by atoms with Crippen molar-refractivity contribution in [1.29, 1.82) is 0 Å². The summed E-state index contributed by atoms with van der Waals surface area (Å²) in [4.78, 5) is 8.71.